The molecule has 1 saturated heterocycles. The minimum absolute atomic E-state index is 0.0103. The van der Waals surface area contributed by atoms with Gasteiger partial charge >= 0.3 is 6.18 Å². The summed E-state index contributed by atoms with van der Waals surface area (Å²) in [5.41, 5.74) is -1.12. The summed E-state index contributed by atoms with van der Waals surface area (Å²) in [4.78, 5) is 25.4. The molecule has 1 atom stereocenters. The lowest BCUT2D eigenvalue weighted by Crippen LogP contribution is -2.38. The Hall–Kier alpha value is -1.76. The molecule has 0 bridgehead atoms. The number of alkyl halides is 3. The minimum Gasteiger partial charge on any atom is -0.347 e. The van der Waals surface area contributed by atoms with Crippen LogP contribution in [0.1, 0.15) is 35.7 Å². The number of rotatable bonds is 3. The number of hydrogen-bond donors (Lipinski definition) is 1. The maximum Gasteiger partial charge on any atom is 0.416 e. The average molecular weight is 349 g/mol. The molecule has 1 aromatic carbocycles. The van der Waals surface area contributed by atoms with Crippen LogP contribution in [0.15, 0.2) is 18.2 Å². The van der Waals surface area contributed by atoms with Crippen LogP contribution in [0.25, 0.3) is 0 Å². The standard InChI is InChI=1S/C15H16ClF3N2O2/c1-2-13(22)21-4-3-12(8-21)20-14(23)9-5-10(15(17,18)19)7-11(16)6-9/h5-7,12H,2-4,8H2,1H3,(H,20,23). The molecule has 0 saturated carbocycles. The predicted molar refractivity (Wildman–Crippen MR) is 79.2 cm³/mol. The van der Waals surface area contributed by atoms with E-state index in [1.165, 1.54) is 6.07 Å². The van der Waals surface area contributed by atoms with Crippen LogP contribution in [0.5, 0.6) is 0 Å². The Morgan fingerprint density at radius 3 is 2.65 bits per heavy atom. The van der Waals surface area contributed by atoms with Crippen LogP contribution in [0.4, 0.5) is 13.2 Å². The largest absolute Gasteiger partial charge is 0.416 e. The first kappa shape index (κ1) is 17.6. The van der Waals surface area contributed by atoms with Gasteiger partial charge in [0.2, 0.25) is 5.91 Å². The molecule has 4 nitrogen and oxygen atoms in total. The van der Waals surface area contributed by atoms with E-state index < -0.39 is 17.6 Å². The van der Waals surface area contributed by atoms with Gasteiger partial charge in [-0.25, -0.2) is 0 Å². The second kappa shape index (κ2) is 6.78. The monoisotopic (exact) mass is 348 g/mol. The number of halogens is 4. The molecule has 0 radical (unpaired) electrons. The van der Waals surface area contributed by atoms with Crippen molar-refractivity contribution in [1.82, 2.24) is 10.2 Å². The van der Waals surface area contributed by atoms with Gasteiger partial charge in [-0.15, -0.1) is 0 Å². The fourth-order valence-corrected chi connectivity index (χ4v) is 2.72. The van der Waals surface area contributed by atoms with Gasteiger partial charge in [-0.3, -0.25) is 9.59 Å². The molecule has 1 fully saturated rings. The lowest BCUT2D eigenvalue weighted by Gasteiger charge is -2.16. The molecule has 1 aliphatic rings. The van der Waals surface area contributed by atoms with E-state index in [1.807, 2.05) is 0 Å². The van der Waals surface area contributed by atoms with E-state index in [0.717, 1.165) is 12.1 Å². The molecule has 8 heteroatoms. The quantitative estimate of drug-likeness (QED) is 0.912. The summed E-state index contributed by atoms with van der Waals surface area (Å²) < 4.78 is 38.3. The number of likely N-dealkylation sites (tertiary alicyclic amines) is 1. The topological polar surface area (TPSA) is 49.4 Å². The molecule has 2 rings (SSSR count). The van der Waals surface area contributed by atoms with E-state index in [4.69, 9.17) is 11.6 Å². The third-order valence-corrected chi connectivity index (χ3v) is 3.88. The zero-order chi connectivity index (χ0) is 17.2. The average Bonchev–Trinajstić information content (AvgIpc) is 2.93. The predicted octanol–water partition coefficient (Wildman–Crippen LogP) is 3.10. The molecule has 1 N–H and O–H groups in total. The number of nitrogens with one attached hydrogen (secondary N) is 1. The molecule has 0 aromatic heterocycles. The van der Waals surface area contributed by atoms with E-state index in [1.54, 1.807) is 11.8 Å². The lowest BCUT2D eigenvalue weighted by atomic mass is 10.1. The zero-order valence-corrected chi connectivity index (χ0v) is 13.2. The highest BCUT2D eigenvalue weighted by Crippen LogP contribution is 2.32. The van der Waals surface area contributed by atoms with Crippen molar-refractivity contribution in [2.45, 2.75) is 32.0 Å². The summed E-state index contributed by atoms with van der Waals surface area (Å²) in [5, 5.41) is 2.50. The molecule has 0 aliphatic carbocycles. The van der Waals surface area contributed by atoms with Crippen molar-refractivity contribution in [3.05, 3.63) is 34.3 Å². The Balaban J connectivity index is 2.07. The number of hydrogen-bond acceptors (Lipinski definition) is 2. The van der Waals surface area contributed by atoms with Crippen molar-refractivity contribution in [3.8, 4) is 0 Å². The summed E-state index contributed by atoms with van der Waals surface area (Å²) in [6.45, 7) is 2.64. The van der Waals surface area contributed by atoms with Crippen molar-refractivity contribution in [2.24, 2.45) is 0 Å². The Morgan fingerprint density at radius 2 is 2.04 bits per heavy atom. The smallest absolute Gasteiger partial charge is 0.347 e. The van der Waals surface area contributed by atoms with Crippen LogP contribution in [-0.4, -0.2) is 35.8 Å². The van der Waals surface area contributed by atoms with E-state index in [0.29, 0.717) is 25.9 Å². The third kappa shape index (κ3) is 4.37. The lowest BCUT2D eigenvalue weighted by molar-refractivity contribution is -0.137. The van der Waals surface area contributed by atoms with Crippen LogP contribution >= 0.6 is 11.6 Å². The van der Waals surface area contributed by atoms with Crippen molar-refractivity contribution >= 4 is 23.4 Å². The number of carbonyl (C=O) groups excluding carboxylic acids is 2. The maximum atomic E-state index is 12.8. The van der Waals surface area contributed by atoms with Crippen LogP contribution in [0.3, 0.4) is 0 Å². The van der Waals surface area contributed by atoms with Crippen LogP contribution in [-0.2, 0) is 11.0 Å². The van der Waals surface area contributed by atoms with Crippen molar-refractivity contribution in [3.63, 3.8) is 0 Å². The Morgan fingerprint density at radius 1 is 1.35 bits per heavy atom. The van der Waals surface area contributed by atoms with Gasteiger partial charge in [0.25, 0.3) is 5.91 Å². The van der Waals surface area contributed by atoms with E-state index >= 15 is 0 Å². The molecule has 0 spiro atoms. The van der Waals surface area contributed by atoms with Gasteiger partial charge in [0.15, 0.2) is 0 Å². The summed E-state index contributed by atoms with van der Waals surface area (Å²) in [6.07, 6.45) is -3.62. The molecule has 1 aromatic rings. The Bertz CT molecular complexity index is 619. The van der Waals surface area contributed by atoms with Crippen molar-refractivity contribution in [1.29, 1.82) is 0 Å². The number of amides is 2. The fraction of sp³-hybridized carbons (Fsp3) is 0.467. The van der Waals surface area contributed by atoms with Crippen molar-refractivity contribution < 1.29 is 22.8 Å². The number of benzene rings is 1. The van der Waals surface area contributed by atoms with E-state index in [9.17, 15) is 22.8 Å². The highest BCUT2D eigenvalue weighted by Gasteiger charge is 2.32. The summed E-state index contributed by atoms with van der Waals surface area (Å²) in [5.74, 6) is -0.641. The normalized spacial score (nSPS) is 18.1. The molecule has 126 valence electrons. The first-order valence-electron chi connectivity index (χ1n) is 7.17. The molecule has 1 aliphatic heterocycles. The summed E-state index contributed by atoms with van der Waals surface area (Å²) in [6, 6.07) is 2.46. The fourth-order valence-electron chi connectivity index (χ4n) is 2.48. The summed E-state index contributed by atoms with van der Waals surface area (Å²) >= 11 is 5.67. The molecule has 1 heterocycles. The maximum absolute atomic E-state index is 12.8. The second-order valence-electron chi connectivity index (χ2n) is 5.38. The minimum atomic E-state index is -4.57. The van der Waals surface area contributed by atoms with Crippen LogP contribution in [0.2, 0.25) is 5.02 Å². The Kier molecular flexibility index (Phi) is 5.19. The van der Waals surface area contributed by atoms with Gasteiger partial charge in [0, 0.05) is 36.1 Å². The Labute approximate surface area is 136 Å². The molecular weight excluding hydrogens is 333 g/mol. The van der Waals surface area contributed by atoms with Crippen molar-refractivity contribution in [2.75, 3.05) is 13.1 Å². The van der Waals surface area contributed by atoms with E-state index in [2.05, 4.69) is 5.32 Å². The second-order valence-corrected chi connectivity index (χ2v) is 5.82. The zero-order valence-electron chi connectivity index (χ0n) is 12.4. The highest BCUT2D eigenvalue weighted by atomic mass is 35.5. The van der Waals surface area contributed by atoms with Gasteiger partial charge in [-0.1, -0.05) is 18.5 Å². The van der Waals surface area contributed by atoms with E-state index in [-0.39, 0.29) is 22.5 Å². The van der Waals surface area contributed by atoms with Gasteiger partial charge in [0.1, 0.15) is 0 Å². The molecule has 23 heavy (non-hydrogen) atoms. The number of carbonyl (C=O) groups is 2. The van der Waals surface area contributed by atoms with Gasteiger partial charge in [0.05, 0.1) is 5.56 Å². The van der Waals surface area contributed by atoms with Crippen LogP contribution < -0.4 is 5.32 Å². The van der Waals surface area contributed by atoms with Gasteiger partial charge in [-0.2, -0.15) is 13.2 Å². The first-order chi connectivity index (χ1) is 10.7. The molecule has 1 unspecified atom stereocenters. The van der Waals surface area contributed by atoms with Crippen LogP contribution in [0, 0.1) is 0 Å². The number of nitrogens with zero attached hydrogens (tertiary/aromatic N) is 1. The molecular formula is C15H16ClF3N2O2. The highest BCUT2D eigenvalue weighted by molar-refractivity contribution is 6.31. The first-order valence-corrected chi connectivity index (χ1v) is 7.55. The van der Waals surface area contributed by atoms with Gasteiger partial charge in [-0.05, 0) is 24.6 Å². The molecule has 2 amide bonds. The summed E-state index contributed by atoms with van der Waals surface area (Å²) in [7, 11) is 0. The third-order valence-electron chi connectivity index (χ3n) is 3.67. The SMILES string of the molecule is CCC(=O)N1CCC(NC(=O)c2cc(Cl)cc(C(F)(F)F)c2)C1. The van der Waals surface area contributed by atoms with Gasteiger partial charge < -0.3 is 10.2 Å².